The summed E-state index contributed by atoms with van der Waals surface area (Å²) >= 11 is 1.54. The number of hydrogen-bond acceptors (Lipinski definition) is 4. The first kappa shape index (κ1) is 16.7. The lowest BCUT2D eigenvalue weighted by atomic mass is 10.2. The first-order chi connectivity index (χ1) is 11.6. The second-order valence-corrected chi connectivity index (χ2v) is 6.53. The highest BCUT2D eigenvalue weighted by Crippen LogP contribution is 2.28. The Kier molecular flexibility index (Phi) is 5.27. The summed E-state index contributed by atoms with van der Waals surface area (Å²) in [6.07, 6.45) is 0.334. The minimum absolute atomic E-state index is 0.281. The van der Waals surface area contributed by atoms with E-state index in [0.717, 1.165) is 22.2 Å². The van der Waals surface area contributed by atoms with Gasteiger partial charge in [-0.15, -0.1) is 10.2 Å². The Morgan fingerprint density at radius 3 is 2.46 bits per heavy atom. The van der Waals surface area contributed by atoms with Gasteiger partial charge < -0.3 is 5.11 Å². The fraction of sp³-hybridized carbons (Fsp3) is 0.222. The maximum absolute atomic E-state index is 13.2. The average Bonchev–Trinajstić information content (AvgIpc) is 3.00. The number of nitrogens with zero attached hydrogens (tertiary/aromatic N) is 3. The predicted octanol–water partition coefficient (Wildman–Crippen LogP) is 3.94. The van der Waals surface area contributed by atoms with E-state index >= 15 is 0 Å². The van der Waals surface area contributed by atoms with Crippen LogP contribution in [-0.2, 0) is 0 Å². The number of rotatable bonds is 6. The minimum Gasteiger partial charge on any atom is -0.393 e. The van der Waals surface area contributed by atoms with Crippen LogP contribution >= 0.6 is 11.8 Å². The Morgan fingerprint density at radius 2 is 1.79 bits per heavy atom. The van der Waals surface area contributed by atoms with Gasteiger partial charge in [-0.3, -0.25) is 4.57 Å². The molecular formula is C18H18FN3OS. The maximum Gasteiger partial charge on any atom is 0.196 e. The standard InChI is InChI=1S/C18H18FN3OS/c1-13(23)11-12-24-18-21-20-17(14-7-9-15(19)10-8-14)22(18)16-5-3-2-4-6-16/h2-10,13,23H,11-12H2,1H3/t13-/m0/s1. The third-order valence-corrected chi connectivity index (χ3v) is 4.48. The van der Waals surface area contributed by atoms with Gasteiger partial charge in [0.15, 0.2) is 11.0 Å². The molecular weight excluding hydrogens is 325 g/mol. The van der Waals surface area contributed by atoms with Crippen molar-refractivity contribution in [2.75, 3.05) is 5.75 Å². The van der Waals surface area contributed by atoms with Gasteiger partial charge >= 0.3 is 0 Å². The molecule has 0 saturated carbocycles. The van der Waals surface area contributed by atoms with Gasteiger partial charge in [0.05, 0.1) is 6.10 Å². The van der Waals surface area contributed by atoms with Crippen LogP contribution in [0.4, 0.5) is 4.39 Å². The van der Waals surface area contributed by atoms with E-state index in [9.17, 15) is 9.50 Å². The molecule has 0 fully saturated rings. The first-order valence-electron chi connectivity index (χ1n) is 7.73. The fourth-order valence-electron chi connectivity index (χ4n) is 2.28. The van der Waals surface area contributed by atoms with Crippen LogP contribution in [0.3, 0.4) is 0 Å². The van der Waals surface area contributed by atoms with Crippen LogP contribution in [0.15, 0.2) is 59.8 Å². The van der Waals surface area contributed by atoms with Crippen molar-refractivity contribution < 1.29 is 9.50 Å². The summed E-state index contributed by atoms with van der Waals surface area (Å²) in [6, 6.07) is 16.0. The van der Waals surface area contributed by atoms with Crippen molar-refractivity contribution in [2.24, 2.45) is 0 Å². The molecule has 0 bridgehead atoms. The summed E-state index contributed by atoms with van der Waals surface area (Å²) in [7, 11) is 0. The predicted molar refractivity (Wildman–Crippen MR) is 93.8 cm³/mol. The second-order valence-electron chi connectivity index (χ2n) is 5.47. The fourth-order valence-corrected chi connectivity index (χ4v) is 3.34. The van der Waals surface area contributed by atoms with E-state index in [2.05, 4.69) is 10.2 Å². The highest BCUT2D eigenvalue weighted by atomic mass is 32.2. The topological polar surface area (TPSA) is 50.9 Å². The zero-order valence-corrected chi connectivity index (χ0v) is 14.1. The average molecular weight is 343 g/mol. The normalized spacial score (nSPS) is 12.3. The third-order valence-electron chi connectivity index (χ3n) is 3.52. The summed E-state index contributed by atoms with van der Waals surface area (Å²) in [5, 5.41) is 18.8. The number of para-hydroxylation sites is 1. The van der Waals surface area contributed by atoms with Gasteiger partial charge in [-0.2, -0.15) is 0 Å². The molecule has 0 aliphatic carbocycles. The molecule has 0 spiro atoms. The van der Waals surface area contributed by atoms with Crippen LogP contribution in [0, 0.1) is 5.82 Å². The van der Waals surface area contributed by atoms with E-state index in [1.807, 2.05) is 34.9 Å². The van der Waals surface area contributed by atoms with Gasteiger partial charge in [-0.25, -0.2) is 4.39 Å². The van der Waals surface area contributed by atoms with Crippen LogP contribution in [-0.4, -0.2) is 31.7 Å². The molecule has 2 aromatic carbocycles. The van der Waals surface area contributed by atoms with Crippen LogP contribution in [0.25, 0.3) is 17.1 Å². The molecule has 6 heteroatoms. The highest BCUT2D eigenvalue weighted by Gasteiger charge is 2.16. The molecule has 0 unspecified atom stereocenters. The van der Waals surface area contributed by atoms with Gasteiger partial charge in [0.25, 0.3) is 0 Å². The lowest BCUT2D eigenvalue weighted by Gasteiger charge is -2.10. The maximum atomic E-state index is 13.2. The third kappa shape index (κ3) is 3.83. The second kappa shape index (κ2) is 7.59. The monoisotopic (exact) mass is 343 g/mol. The van der Waals surface area contributed by atoms with Crippen molar-refractivity contribution in [3.05, 3.63) is 60.4 Å². The lowest BCUT2D eigenvalue weighted by molar-refractivity contribution is 0.192. The molecule has 1 atom stereocenters. The Bertz CT molecular complexity index is 788. The SMILES string of the molecule is C[C@H](O)CCSc1nnc(-c2ccc(F)cc2)n1-c1ccccc1. The van der Waals surface area contributed by atoms with Crippen LogP contribution in [0.5, 0.6) is 0 Å². The highest BCUT2D eigenvalue weighted by molar-refractivity contribution is 7.99. The van der Waals surface area contributed by atoms with Crippen molar-refractivity contribution in [3.8, 4) is 17.1 Å². The molecule has 0 aliphatic rings. The van der Waals surface area contributed by atoms with Crippen molar-refractivity contribution in [1.82, 2.24) is 14.8 Å². The Balaban J connectivity index is 1.99. The molecule has 1 aromatic heterocycles. The molecule has 1 N–H and O–H groups in total. The van der Waals surface area contributed by atoms with Crippen LogP contribution < -0.4 is 0 Å². The largest absolute Gasteiger partial charge is 0.393 e. The molecule has 3 rings (SSSR count). The number of aliphatic hydroxyl groups excluding tert-OH is 1. The van der Waals surface area contributed by atoms with Gasteiger partial charge in [0.2, 0.25) is 0 Å². The van der Waals surface area contributed by atoms with Gasteiger partial charge in [0.1, 0.15) is 5.82 Å². The zero-order chi connectivity index (χ0) is 16.9. The first-order valence-corrected chi connectivity index (χ1v) is 8.71. The van der Waals surface area contributed by atoms with Crippen LogP contribution in [0.2, 0.25) is 0 Å². The van der Waals surface area contributed by atoms with Crippen molar-refractivity contribution in [2.45, 2.75) is 24.6 Å². The summed E-state index contributed by atoms with van der Waals surface area (Å²) < 4.78 is 15.2. The summed E-state index contributed by atoms with van der Waals surface area (Å²) in [5.74, 6) is 1.13. The Labute approximate surface area is 144 Å². The minimum atomic E-state index is -0.345. The lowest BCUT2D eigenvalue weighted by Crippen LogP contribution is -2.03. The molecule has 0 amide bonds. The van der Waals surface area contributed by atoms with E-state index in [0.29, 0.717) is 12.2 Å². The molecule has 0 aliphatic heterocycles. The molecule has 124 valence electrons. The van der Waals surface area contributed by atoms with Crippen LogP contribution in [0.1, 0.15) is 13.3 Å². The molecule has 0 radical (unpaired) electrons. The molecule has 0 saturated heterocycles. The van der Waals surface area contributed by atoms with Crippen molar-refractivity contribution >= 4 is 11.8 Å². The number of aromatic nitrogens is 3. The van der Waals surface area contributed by atoms with Gasteiger partial charge in [-0.1, -0.05) is 30.0 Å². The molecule has 4 nitrogen and oxygen atoms in total. The number of thioether (sulfide) groups is 1. The van der Waals surface area contributed by atoms with Gasteiger partial charge in [0, 0.05) is 17.0 Å². The number of halogens is 1. The smallest absolute Gasteiger partial charge is 0.196 e. The number of aliphatic hydroxyl groups is 1. The van der Waals surface area contributed by atoms with E-state index in [1.165, 1.54) is 12.1 Å². The van der Waals surface area contributed by atoms with Gasteiger partial charge in [-0.05, 0) is 49.7 Å². The quantitative estimate of drug-likeness (QED) is 0.689. The van der Waals surface area contributed by atoms with E-state index in [-0.39, 0.29) is 11.9 Å². The molecule has 1 heterocycles. The summed E-state index contributed by atoms with van der Waals surface area (Å²) in [4.78, 5) is 0. The Morgan fingerprint density at radius 1 is 1.08 bits per heavy atom. The molecule has 3 aromatic rings. The summed E-state index contributed by atoms with van der Waals surface area (Å²) in [5.41, 5.74) is 1.75. The number of benzene rings is 2. The Hall–Kier alpha value is -2.18. The van der Waals surface area contributed by atoms with E-state index in [1.54, 1.807) is 30.8 Å². The zero-order valence-electron chi connectivity index (χ0n) is 13.3. The molecule has 24 heavy (non-hydrogen) atoms. The number of hydrogen-bond donors (Lipinski definition) is 1. The summed E-state index contributed by atoms with van der Waals surface area (Å²) in [6.45, 7) is 1.77. The van der Waals surface area contributed by atoms with E-state index in [4.69, 9.17) is 0 Å². The van der Waals surface area contributed by atoms with Crippen molar-refractivity contribution in [3.63, 3.8) is 0 Å². The van der Waals surface area contributed by atoms with E-state index < -0.39 is 0 Å². The van der Waals surface area contributed by atoms with Crippen molar-refractivity contribution in [1.29, 1.82) is 0 Å².